The number of rotatable bonds is 10. The van der Waals surface area contributed by atoms with Gasteiger partial charge in [0.25, 0.3) is 0 Å². The van der Waals surface area contributed by atoms with E-state index in [1.54, 1.807) is 0 Å². The van der Waals surface area contributed by atoms with Crippen molar-refractivity contribution in [1.82, 2.24) is 0 Å². The number of fused-ring (bicyclic) bond motifs is 1. The molecule has 22 heavy (non-hydrogen) atoms. The van der Waals surface area contributed by atoms with Crippen LogP contribution < -0.4 is 0 Å². The minimum Gasteiger partial charge on any atom is -0.393 e. The Hall–Kier alpha value is -0.0400. The molecule has 2 fully saturated rings. The Morgan fingerprint density at radius 2 is 1.45 bits per heavy atom. The van der Waals surface area contributed by atoms with E-state index in [9.17, 15) is 5.11 Å². The first-order valence-electron chi connectivity index (χ1n) is 10.5. The molecule has 2 rings (SSSR count). The number of aliphatic hydroxyl groups is 1. The third-order valence-electron chi connectivity index (χ3n) is 6.45. The van der Waals surface area contributed by atoms with Gasteiger partial charge in [-0.2, -0.15) is 0 Å². The molecular formula is C21H40O. The van der Waals surface area contributed by atoms with Gasteiger partial charge in [-0.3, -0.25) is 0 Å². The van der Waals surface area contributed by atoms with Gasteiger partial charge in [0.1, 0.15) is 0 Å². The van der Waals surface area contributed by atoms with Crippen LogP contribution in [0.3, 0.4) is 0 Å². The lowest BCUT2D eigenvalue weighted by molar-refractivity contribution is 0.0156. The molecule has 0 aliphatic heterocycles. The van der Waals surface area contributed by atoms with Crippen molar-refractivity contribution >= 4 is 0 Å². The van der Waals surface area contributed by atoms with Crippen LogP contribution in [0, 0.1) is 17.8 Å². The molecule has 0 bridgehead atoms. The number of hydrogen-bond acceptors (Lipinski definition) is 1. The molecule has 0 amide bonds. The van der Waals surface area contributed by atoms with E-state index in [2.05, 4.69) is 6.92 Å². The summed E-state index contributed by atoms with van der Waals surface area (Å²) < 4.78 is 0. The maximum Gasteiger partial charge on any atom is 0.0543 e. The third-order valence-corrected chi connectivity index (χ3v) is 6.45. The second-order valence-corrected chi connectivity index (χ2v) is 8.20. The Labute approximate surface area is 139 Å². The lowest BCUT2D eigenvalue weighted by Gasteiger charge is -2.43. The number of hydrogen-bond donors (Lipinski definition) is 1. The van der Waals surface area contributed by atoms with Gasteiger partial charge in [-0.25, -0.2) is 0 Å². The first kappa shape index (κ1) is 18.3. The Morgan fingerprint density at radius 1 is 0.773 bits per heavy atom. The zero-order valence-electron chi connectivity index (χ0n) is 15.1. The van der Waals surface area contributed by atoms with Crippen LogP contribution in [-0.2, 0) is 0 Å². The van der Waals surface area contributed by atoms with E-state index in [0.29, 0.717) is 0 Å². The summed E-state index contributed by atoms with van der Waals surface area (Å²) in [5.41, 5.74) is 0. The standard InChI is InChI=1S/C21H40O/c1-2-3-4-5-6-7-8-9-10-12-18-13-11-14-19-15-16-20(22)17-21(18)19/h18-22H,2-17H2,1H3. The van der Waals surface area contributed by atoms with Gasteiger partial charge in [-0.05, 0) is 37.0 Å². The van der Waals surface area contributed by atoms with E-state index < -0.39 is 0 Å². The molecule has 0 aromatic carbocycles. The van der Waals surface area contributed by atoms with Gasteiger partial charge in [0.05, 0.1) is 6.10 Å². The first-order valence-corrected chi connectivity index (χ1v) is 10.5. The fraction of sp³-hybridized carbons (Fsp3) is 1.00. The highest BCUT2D eigenvalue weighted by Crippen LogP contribution is 2.45. The lowest BCUT2D eigenvalue weighted by Crippen LogP contribution is -2.35. The average Bonchev–Trinajstić information content (AvgIpc) is 2.53. The maximum atomic E-state index is 10.00. The van der Waals surface area contributed by atoms with E-state index in [-0.39, 0.29) is 6.10 Å². The van der Waals surface area contributed by atoms with E-state index in [1.165, 1.54) is 89.9 Å². The van der Waals surface area contributed by atoms with Gasteiger partial charge >= 0.3 is 0 Å². The van der Waals surface area contributed by atoms with Crippen LogP contribution in [0.25, 0.3) is 0 Å². The molecule has 0 aromatic heterocycles. The smallest absolute Gasteiger partial charge is 0.0543 e. The predicted octanol–water partition coefficient (Wildman–Crippen LogP) is 6.48. The van der Waals surface area contributed by atoms with Gasteiger partial charge < -0.3 is 5.11 Å². The van der Waals surface area contributed by atoms with Crippen LogP contribution in [0.15, 0.2) is 0 Å². The highest BCUT2D eigenvalue weighted by molar-refractivity contribution is 4.87. The van der Waals surface area contributed by atoms with Crippen LogP contribution in [-0.4, -0.2) is 11.2 Å². The van der Waals surface area contributed by atoms with Crippen LogP contribution >= 0.6 is 0 Å². The van der Waals surface area contributed by atoms with Crippen molar-refractivity contribution in [3.63, 3.8) is 0 Å². The zero-order valence-corrected chi connectivity index (χ0v) is 15.1. The molecule has 1 N–H and O–H groups in total. The fourth-order valence-electron chi connectivity index (χ4n) is 5.11. The second-order valence-electron chi connectivity index (χ2n) is 8.20. The van der Waals surface area contributed by atoms with Crippen molar-refractivity contribution in [3.05, 3.63) is 0 Å². The second kappa shape index (κ2) is 10.7. The highest BCUT2D eigenvalue weighted by Gasteiger charge is 2.36. The molecule has 2 saturated carbocycles. The average molecular weight is 309 g/mol. The summed E-state index contributed by atoms with van der Waals surface area (Å²) in [5, 5.41) is 10.00. The molecule has 1 nitrogen and oxygen atoms in total. The van der Waals surface area contributed by atoms with Gasteiger partial charge in [0.2, 0.25) is 0 Å². The fourth-order valence-corrected chi connectivity index (χ4v) is 5.11. The van der Waals surface area contributed by atoms with Crippen molar-refractivity contribution in [1.29, 1.82) is 0 Å². The molecule has 2 aliphatic rings. The Kier molecular flexibility index (Phi) is 8.89. The minimum absolute atomic E-state index is 0.0185. The van der Waals surface area contributed by atoms with Gasteiger partial charge in [0, 0.05) is 0 Å². The normalized spacial score (nSPS) is 31.9. The highest BCUT2D eigenvalue weighted by atomic mass is 16.3. The molecule has 4 unspecified atom stereocenters. The molecule has 4 atom stereocenters. The Balaban J connectivity index is 1.52. The largest absolute Gasteiger partial charge is 0.393 e. The first-order chi connectivity index (χ1) is 10.8. The number of unbranched alkanes of at least 4 members (excludes halogenated alkanes) is 8. The summed E-state index contributed by atoms with van der Waals surface area (Å²) in [6.45, 7) is 2.29. The predicted molar refractivity (Wildman–Crippen MR) is 96.0 cm³/mol. The summed E-state index contributed by atoms with van der Waals surface area (Å²) in [6, 6.07) is 0. The van der Waals surface area contributed by atoms with Crippen LogP contribution in [0.1, 0.15) is 110 Å². The van der Waals surface area contributed by atoms with Crippen molar-refractivity contribution in [2.45, 2.75) is 116 Å². The van der Waals surface area contributed by atoms with Crippen molar-refractivity contribution in [2.75, 3.05) is 0 Å². The van der Waals surface area contributed by atoms with E-state index in [4.69, 9.17) is 0 Å². The van der Waals surface area contributed by atoms with Crippen molar-refractivity contribution < 1.29 is 5.11 Å². The monoisotopic (exact) mass is 308 g/mol. The van der Waals surface area contributed by atoms with Crippen molar-refractivity contribution in [3.8, 4) is 0 Å². The quantitative estimate of drug-likeness (QED) is 0.458. The molecule has 0 saturated heterocycles. The molecule has 1 heteroatoms. The van der Waals surface area contributed by atoms with Crippen LogP contribution in [0.2, 0.25) is 0 Å². The summed E-state index contributed by atoms with van der Waals surface area (Å²) in [5.74, 6) is 2.77. The Bertz CT molecular complexity index is 275. The van der Waals surface area contributed by atoms with E-state index in [0.717, 1.165) is 30.6 Å². The molecule has 0 radical (unpaired) electrons. The molecule has 130 valence electrons. The van der Waals surface area contributed by atoms with Crippen molar-refractivity contribution in [2.24, 2.45) is 17.8 Å². The lowest BCUT2D eigenvalue weighted by atomic mass is 9.64. The zero-order chi connectivity index (χ0) is 15.6. The topological polar surface area (TPSA) is 20.2 Å². The van der Waals surface area contributed by atoms with E-state index in [1.807, 2.05) is 0 Å². The van der Waals surface area contributed by atoms with Gasteiger partial charge in [-0.1, -0.05) is 90.4 Å². The summed E-state index contributed by atoms with van der Waals surface area (Å²) >= 11 is 0. The van der Waals surface area contributed by atoms with Crippen LogP contribution in [0.5, 0.6) is 0 Å². The molecule has 0 spiro atoms. The summed E-state index contributed by atoms with van der Waals surface area (Å²) in [7, 11) is 0. The SMILES string of the molecule is CCCCCCCCCCCC1CCCC2CCC(O)CC12. The van der Waals surface area contributed by atoms with Gasteiger partial charge in [0.15, 0.2) is 0 Å². The molecule has 0 heterocycles. The van der Waals surface area contributed by atoms with Gasteiger partial charge in [-0.15, -0.1) is 0 Å². The maximum absolute atomic E-state index is 10.00. The third kappa shape index (κ3) is 6.22. The molecular weight excluding hydrogens is 268 g/mol. The summed E-state index contributed by atoms with van der Waals surface area (Å²) in [6.07, 6.45) is 22.3. The summed E-state index contributed by atoms with van der Waals surface area (Å²) in [4.78, 5) is 0. The van der Waals surface area contributed by atoms with E-state index >= 15 is 0 Å². The minimum atomic E-state index is 0.0185. The van der Waals surface area contributed by atoms with Crippen LogP contribution in [0.4, 0.5) is 0 Å². The molecule has 0 aromatic rings. The Morgan fingerprint density at radius 3 is 2.18 bits per heavy atom. The number of aliphatic hydroxyl groups excluding tert-OH is 1. The molecule has 2 aliphatic carbocycles.